The fraction of sp³-hybridized carbons (Fsp3) is 0.0800. The summed E-state index contributed by atoms with van der Waals surface area (Å²) < 4.78 is 5.79. The molecule has 0 spiro atoms. The number of fused-ring (bicyclic) bond motifs is 1. The van der Waals surface area contributed by atoms with Crippen LogP contribution in [-0.4, -0.2) is 29.9 Å². The van der Waals surface area contributed by atoms with Crippen molar-refractivity contribution in [3.63, 3.8) is 0 Å². The predicted octanol–water partition coefficient (Wildman–Crippen LogP) is 4.45. The highest BCUT2D eigenvalue weighted by Crippen LogP contribution is 2.41. The van der Waals surface area contributed by atoms with Crippen molar-refractivity contribution in [2.45, 2.75) is 13.8 Å². The SMILES string of the molecule is C#Cc1cc(C)c(-c2[nH]c3ncnc(N)c3c2-c2ccc(Oc3nccc(C)n3)cc2)cn1. The normalized spacial score (nSPS) is 10.8. The second kappa shape index (κ2) is 8.05. The van der Waals surface area contributed by atoms with Crippen molar-refractivity contribution in [3.8, 4) is 46.5 Å². The summed E-state index contributed by atoms with van der Waals surface area (Å²) in [7, 11) is 0. The van der Waals surface area contributed by atoms with Crippen LogP contribution in [0.5, 0.6) is 11.8 Å². The number of benzene rings is 1. The average Bonchev–Trinajstić information content (AvgIpc) is 3.20. The smallest absolute Gasteiger partial charge is 0.322 e. The molecule has 0 amide bonds. The van der Waals surface area contributed by atoms with Crippen molar-refractivity contribution in [2.24, 2.45) is 0 Å². The van der Waals surface area contributed by atoms with Crippen LogP contribution in [-0.2, 0) is 0 Å². The molecule has 8 heteroatoms. The van der Waals surface area contributed by atoms with Crippen molar-refractivity contribution < 1.29 is 4.74 Å². The van der Waals surface area contributed by atoms with E-state index >= 15 is 0 Å². The van der Waals surface area contributed by atoms with E-state index in [1.807, 2.05) is 50.2 Å². The van der Waals surface area contributed by atoms with Gasteiger partial charge < -0.3 is 15.5 Å². The van der Waals surface area contributed by atoms with Crippen LogP contribution < -0.4 is 10.5 Å². The zero-order chi connectivity index (χ0) is 22.9. The Bertz CT molecular complexity index is 1530. The molecule has 0 aliphatic heterocycles. The number of nitrogen functional groups attached to an aromatic ring is 1. The van der Waals surface area contributed by atoms with Crippen LogP contribution in [0, 0.1) is 26.2 Å². The standard InChI is InChI=1S/C25H19N7O/c1-4-17-11-14(2)19(12-28-17)22-20(21-23(26)29-13-30-24(21)32-22)16-5-7-18(8-6-16)33-25-27-10-9-15(3)31-25/h1,5-13H,2-3H3,(H3,26,29,30,32). The molecular formula is C25H19N7O. The van der Waals surface area contributed by atoms with Gasteiger partial charge in [-0.25, -0.2) is 24.9 Å². The first-order valence-electron chi connectivity index (χ1n) is 10.2. The summed E-state index contributed by atoms with van der Waals surface area (Å²) in [4.78, 5) is 24.8. The minimum Gasteiger partial charge on any atom is -0.424 e. The Morgan fingerprint density at radius 3 is 2.58 bits per heavy atom. The minimum atomic E-state index is 0.295. The van der Waals surface area contributed by atoms with Crippen molar-refractivity contribution >= 4 is 16.9 Å². The van der Waals surface area contributed by atoms with Crippen molar-refractivity contribution in [1.29, 1.82) is 0 Å². The second-order valence-corrected chi connectivity index (χ2v) is 7.49. The molecule has 0 saturated heterocycles. The summed E-state index contributed by atoms with van der Waals surface area (Å²) in [6.07, 6.45) is 10.4. The number of ether oxygens (including phenoxy) is 1. The van der Waals surface area contributed by atoms with Gasteiger partial charge in [0.15, 0.2) is 0 Å². The van der Waals surface area contributed by atoms with E-state index in [-0.39, 0.29) is 0 Å². The summed E-state index contributed by atoms with van der Waals surface area (Å²) in [6.45, 7) is 3.87. The molecule has 0 unspecified atom stereocenters. The van der Waals surface area contributed by atoms with Gasteiger partial charge in [-0.05, 0) is 49.2 Å². The number of H-pyrrole nitrogens is 1. The van der Waals surface area contributed by atoms with Crippen LogP contribution in [0.25, 0.3) is 33.4 Å². The topological polar surface area (TPSA) is 115 Å². The van der Waals surface area contributed by atoms with Gasteiger partial charge >= 0.3 is 6.01 Å². The van der Waals surface area contributed by atoms with Crippen LogP contribution in [0.15, 0.2) is 55.1 Å². The van der Waals surface area contributed by atoms with Gasteiger partial charge in [0.05, 0.1) is 11.1 Å². The van der Waals surface area contributed by atoms with Gasteiger partial charge in [0.25, 0.3) is 0 Å². The molecule has 4 heterocycles. The molecule has 160 valence electrons. The molecule has 0 bridgehead atoms. The number of nitrogens with two attached hydrogens (primary N) is 1. The molecule has 0 fully saturated rings. The maximum Gasteiger partial charge on any atom is 0.322 e. The number of hydrogen-bond donors (Lipinski definition) is 2. The maximum atomic E-state index is 6.26. The molecule has 0 atom stereocenters. The van der Waals surface area contributed by atoms with E-state index in [9.17, 15) is 0 Å². The lowest BCUT2D eigenvalue weighted by atomic mass is 9.97. The van der Waals surface area contributed by atoms with Gasteiger partial charge in [-0.2, -0.15) is 0 Å². The lowest BCUT2D eigenvalue weighted by molar-refractivity contribution is 0.440. The Morgan fingerprint density at radius 2 is 1.85 bits per heavy atom. The molecule has 5 aromatic rings. The Kier molecular flexibility index (Phi) is 4.92. The fourth-order valence-corrected chi connectivity index (χ4v) is 3.70. The molecule has 0 aliphatic rings. The van der Waals surface area contributed by atoms with Crippen LogP contribution >= 0.6 is 0 Å². The van der Waals surface area contributed by atoms with Gasteiger partial charge in [-0.3, -0.25) is 0 Å². The van der Waals surface area contributed by atoms with Crippen LogP contribution in [0.2, 0.25) is 0 Å². The van der Waals surface area contributed by atoms with Gasteiger partial charge in [-0.1, -0.05) is 18.1 Å². The average molecular weight is 433 g/mol. The molecule has 4 aromatic heterocycles. The van der Waals surface area contributed by atoms with Crippen molar-refractivity contribution in [1.82, 2.24) is 29.9 Å². The summed E-state index contributed by atoms with van der Waals surface area (Å²) >= 11 is 0. The third-order valence-electron chi connectivity index (χ3n) is 5.27. The Labute approximate surface area is 190 Å². The Balaban J connectivity index is 1.63. The zero-order valence-corrected chi connectivity index (χ0v) is 18.0. The largest absolute Gasteiger partial charge is 0.424 e. The van der Waals surface area contributed by atoms with Gasteiger partial charge in [0.2, 0.25) is 0 Å². The first-order chi connectivity index (χ1) is 16.0. The Morgan fingerprint density at radius 1 is 1.03 bits per heavy atom. The quantitative estimate of drug-likeness (QED) is 0.402. The van der Waals surface area contributed by atoms with Crippen molar-refractivity contribution in [2.75, 3.05) is 5.73 Å². The van der Waals surface area contributed by atoms with E-state index in [0.717, 1.165) is 39.0 Å². The van der Waals surface area contributed by atoms with E-state index in [1.54, 1.807) is 12.4 Å². The molecule has 0 aliphatic carbocycles. The second-order valence-electron chi connectivity index (χ2n) is 7.49. The van der Waals surface area contributed by atoms with E-state index in [0.29, 0.717) is 28.9 Å². The van der Waals surface area contributed by atoms with E-state index in [1.165, 1.54) is 6.33 Å². The number of aromatic nitrogens is 6. The highest BCUT2D eigenvalue weighted by molar-refractivity contribution is 6.07. The third kappa shape index (κ3) is 3.72. The van der Waals surface area contributed by atoms with Crippen LogP contribution in [0.4, 0.5) is 5.82 Å². The number of pyridine rings is 1. The van der Waals surface area contributed by atoms with Crippen LogP contribution in [0.1, 0.15) is 17.0 Å². The fourth-order valence-electron chi connectivity index (χ4n) is 3.70. The number of aromatic amines is 1. The zero-order valence-electron chi connectivity index (χ0n) is 18.0. The number of aryl methyl sites for hydroxylation is 2. The van der Waals surface area contributed by atoms with E-state index in [2.05, 4.69) is 35.8 Å². The minimum absolute atomic E-state index is 0.295. The molecule has 33 heavy (non-hydrogen) atoms. The number of terminal acetylenes is 1. The molecule has 8 nitrogen and oxygen atoms in total. The number of rotatable bonds is 4. The summed E-state index contributed by atoms with van der Waals surface area (Å²) in [5, 5.41) is 0.739. The number of nitrogens with zero attached hydrogens (tertiary/aromatic N) is 5. The Hall–Kier alpha value is -4.77. The summed E-state index contributed by atoms with van der Waals surface area (Å²) in [5.41, 5.74) is 12.8. The van der Waals surface area contributed by atoms with E-state index < -0.39 is 0 Å². The van der Waals surface area contributed by atoms with Crippen LogP contribution in [0.3, 0.4) is 0 Å². The monoisotopic (exact) mass is 433 g/mol. The van der Waals surface area contributed by atoms with Gasteiger partial charge in [0.1, 0.15) is 29.2 Å². The number of hydrogen-bond acceptors (Lipinski definition) is 7. The first kappa shape index (κ1) is 20.2. The van der Waals surface area contributed by atoms with Crippen molar-refractivity contribution in [3.05, 3.63) is 72.1 Å². The molecular weight excluding hydrogens is 414 g/mol. The highest BCUT2D eigenvalue weighted by Gasteiger charge is 2.20. The maximum absolute atomic E-state index is 6.26. The molecule has 0 saturated carbocycles. The van der Waals surface area contributed by atoms with Gasteiger partial charge in [-0.15, -0.1) is 6.42 Å². The highest BCUT2D eigenvalue weighted by atomic mass is 16.5. The predicted molar refractivity (Wildman–Crippen MR) is 126 cm³/mol. The summed E-state index contributed by atoms with van der Waals surface area (Å²) in [5.74, 6) is 3.57. The summed E-state index contributed by atoms with van der Waals surface area (Å²) in [6, 6.07) is 11.6. The van der Waals surface area contributed by atoms with E-state index in [4.69, 9.17) is 16.9 Å². The molecule has 5 rings (SSSR count). The lowest BCUT2D eigenvalue weighted by Gasteiger charge is -2.10. The first-order valence-corrected chi connectivity index (χ1v) is 10.2. The van der Waals surface area contributed by atoms with Gasteiger partial charge in [0, 0.05) is 29.2 Å². The number of anilines is 1. The molecule has 3 N–H and O–H groups in total. The number of nitrogens with one attached hydrogen (secondary N) is 1. The molecule has 0 radical (unpaired) electrons. The third-order valence-corrected chi connectivity index (χ3v) is 5.27. The molecule has 1 aromatic carbocycles. The lowest BCUT2D eigenvalue weighted by Crippen LogP contribution is -1.94.